The van der Waals surface area contributed by atoms with Crippen molar-refractivity contribution in [1.82, 2.24) is 4.90 Å². The number of rotatable bonds is 1. The molecule has 0 amide bonds. The van der Waals surface area contributed by atoms with Crippen LogP contribution in [-0.4, -0.2) is 52.5 Å². The lowest BCUT2D eigenvalue weighted by atomic mass is 9.59. The molecule has 5 aliphatic heterocycles. The third kappa shape index (κ3) is 1.14. The predicted molar refractivity (Wildman–Crippen MR) is 91.8 cm³/mol. The monoisotopic (exact) mass is 324 g/mol. The maximum absolute atomic E-state index is 11.7. The molecule has 0 aromatic heterocycles. The summed E-state index contributed by atoms with van der Waals surface area (Å²) in [5, 5.41) is 26.0. The van der Waals surface area contributed by atoms with Crippen LogP contribution in [0.4, 0.5) is 5.69 Å². The second-order valence-corrected chi connectivity index (χ2v) is 8.49. The van der Waals surface area contributed by atoms with Crippen LogP contribution in [0.25, 0.3) is 0 Å². The molecule has 1 spiro atoms. The van der Waals surface area contributed by atoms with E-state index in [4.69, 9.17) is 0 Å². The maximum Gasteiger partial charge on any atom is 0.0757 e. The van der Waals surface area contributed by atoms with E-state index in [1.807, 2.05) is 0 Å². The number of nitrogens with zero attached hydrogens (tertiary/aromatic N) is 1. The zero-order valence-electron chi connectivity index (χ0n) is 13.9. The quantitative estimate of drug-likeness (QED) is 0.685. The molecule has 4 heteroatoms. The second-order valence-electron chi connectivity index (χ2n) is 8.49. The molecule has 1 aromatic carbocycles. The molecule has 4 saturated heterocycles. The van der Waals surface area contributed by atoms with E-state index in [0.29, 0.717) is 18.0 Å². The molecular formula is C20H24N2O2. The highest BCUT2D eigenvalue weighted by molar-refractivity contribution is 5.66. The second kappa shape index (κ2) is 4.06. The molecule has 8 atom stereocenters. The predicted octanol–water partition coefficient (Wildman–Crippen LogP) is 1.49. The summed E-state index contributed by atoms with van der Waals surface area (Å²) in [6, 6.07) is 9.52. The standard InChI is InChI=1S/C20H24N2O2/c1-2-11-9-22-15-7-13(11)20(10-23)16(22)8-19(18(20)24)12-5-3-4-6-14(12)21-17(15)19/h2-6,13,15-18,21,23-24H,7-10H2,1H3/b11-2-/t13-,15-,16-,17+,18+,19+,20-/m0/s1. The largest absolute Gasteiger partial charge is 0.396 e. The van der Waals surface area contributed by atoms with Gasteiger partial charge >= 0.3 is 0 Å². The fraction of sp³-hybridized carbons (Fsp3) is 0.600. The number of hydrogen-bond acceptors (Lipinski definition) is 4. The molecule has 126 valence electrons. The molecule has 1 aliphatic carbocycles. The van der Waals surface area contributed by atoms with Crippen LogP contribution in [0.15, 0.2) is 35.9 Å². The summed E-state index contributed by atoms with van der Waals surface area (Å²) >= 11 is 0. The highest BCUT2D eigenvalue weighted by Gasteiger charge is 2.79. The minimum absolute atomic E-state index is 0.0840. The number of fused-ring (bicyclic) bond motifs is 2. The van der Waals surface area contributed by atoms with Gasteiger partial charge in [0.2, 0.25) is 0 Å². The van der Waals surface area contributed by atoms with E-state index in [2.05, 4.69) is 47.5 Å². The lowest BCUT2D eigenvalue weighted by Gasteiger charge is -2.61. The first kappa shape index (κ1) is 13.9. The Labute approximate surface area is 142 Å². The van der Waals surface area contributed by atoms with Gasteiger partial charge in [0.1, 0.15) is 0 Å². The van der Waals surface area contributed by atoms with Gasteiger partial charge in [-0.2, -0.15) is 0 Å². The molecular weight excluding hydrogens is 300 g/mol. The maximum atomic E-state index is 11.7. The van der Waals surface area contributed by atoms with E-state index in [9.17, 15) is 10.2 Å². The molecule has 1 saturated carbocycles. The first-order valence-electron chi connectivity index (χ1n) is 9.24. The Kier molecular flexibility index (Phi) is 2.35. The van der Waals surface area contributed by atoms with Crippen molar-refractivity contribution in [3.63, 3.8) is 0 Å². The van der Waals surface area contributed by atoms with Crippen molar-refractivity contribution in [2.75, 3.05) is 18.5 Å². The van der Waals surface area contributed by atoms with Gasteiger partial charge in [-0.25, -0.2) is 0 Å². The molecule has 0 radical (unpaired) electrons. The normalized spacial score (nSPS) is 54.0. The van der Waals surface area contributed by atoms with Crippen LogP contribution in [0.3, 0.4) is 0 Å². The number of anilines is 1. The van der Waals surface area contributed by atoms with Crippen LogP contribution in [0.1, 0.15) is 25.3 Å². The zero-order chi connectivity index (χ0) is 16.3. The number of hydrogen-bond donors (Lipinski definition) is 3. The highest BCUT2D eigenvalue weighted by atomic mass is 16.3. The summed E-state index contributed by atoms with van der Waals surface area (Å²) in [4.78, 5) is 2.60. The van der Waals surface area contributed by atoms with Crippen LogP contribution in [0.5, 0.6) is 0 Å². The van der Waals surface area contributed by atoms with E-state index >= 15 is 0 Å². The van der Waals surface area contributed by atoms with E-state index in [1.54, 1.807) is 0 Å². The summed E-state index contributed by atoms with van der Waals surface area (Å²) < 4.78 is 0. The molecule has 1 aromatic rings. The van der Waals surface area contributed by atoms with Gasteiger partial charge in [0.25, 0.3) is 0 Å². The molecule has 5 fully saturated rings. The lowest BCUT2D eigenvalue weighted by Crippen LogP contribution is -2.70. The average Bonchev–Trinajstić information content (AvgIpc) is 3.07. The van der Waals surface area contributed by atoms with Gasteiger partial charge in [0.15, 0.2) is 0 Å². The van der Waals surface area contributed by atoms with Crippen molar-refractivity contribution in [2.45, 2.75) is 49.4 Å². The smallest absolute Gasteiger partial charge is 0.0757 e. The summed E-state index contributed by atoms with van der Waals surface area (Å²) in [5.41, 5.74) is 3.25. The lowest BCUT2D eigenvalue weighted by molar-refractivity contribution is -0.126. The van der Waals surface area contributed by atoms with E-state index in [-0.39, 0.29) is 18.1 Å². The summed E-state index contributed by atoms with van der Waals surface area (Å²) in [6.07, 6.45) is 3.76. The van der Waals surface area contributed by atoms with Crippen LogP contribution in [0, 0.1) is 11.3 Å². The molecule has 24 heavy (non-hydrogen) atoms. The third-order valence-corrected chi connectivity index (χ3v) is 8.24. The molecule has 7 rings (SSSR count). The number of para-hydroxylation sites is 1. The van der Waals surface area contributed by atoms with Gasteiger partial charge in [0, 0.05) is 35.1 Å². The minimum Gasteiger partial charge on any atom is -0.396 e. The number of aliphatic hydroxyl groups is 2. The molecule has 3 N–H and O–H groups in total. The molecule has 1 unspecified atom stereocenters. The van der Waals surface area contributed by atoms with Gasteiger partial charge in [-0.3, -0.25) is 4.90 Å². The van der Waals surface area contributed by atoms with Crippen LogP contribution in [0.2, 0.25) is 0 Å². The molecule has 5 bridgehead atoms. The highest BCUT2D eigenvalue weighted by Crippen LogP contribution is 2.71. The number of nitrogens with one attached hydrogen (secondary N) is 1. The van der Waals surface area contributed by atoms with Crippen molar-refractivity contribution in [1.29, 1.82) is 0 Å². The Morgan fingerprint density at radius 3 is 3.00 bits per heavy atom. The van der Waals surface area contributed by atoms with Crippen molar-refractivity contribution >= 4 is 5.69 Å². The fourth-order valence-electron chi connectivity index (χ4n) is 7.40. The number of allylic oxidation sites excluding steroid dienone is 1. The van der Waals surface area contributed by atoms with Crippen molar-refractivity contribution in [3.05, 3.63) is 41.5 Å². The fourth-order valence-corrected chi connectivity index (χ4v) is 7.40. The van der Waals surface area contributed by atoms with Crippen LogP contribution in [-0.2, 0) is 5.41 Å². The Morgan fingerprint density at radius 1 is 1.38 bits per heavy atom. The average molecular weight is 324 g/mol. The number of piperidine rings is 4. The Morgan fingerprint density at radius 2 is 2.21 bits per heavy atom. The Bertz CT molecular complexity index is 777. The van der Waals surface area contributed by atoms with Gasteiger partial charge < -0.3 is 15.5 Å². The van der Waals surface area contributed by atoms with Crippen LogP contribution >= 0.6 is 0 Å². The third-order valence-electron chi connectivity index (χ3n) is 8.24. The van der Waals surface area contributed by atoms with Gasteiger partial charge in [-0.05, 0) is 37.3 Å². The van der Waals surface area contributed by atoms with Crippen molar-refractivity contribution in [2.24, 2.45) is 11.3 Å². The topological polar surface area (TPSA) is 55.7 Å². The van der Waals surface area contributed by atoms with E-state index in [0.717, 1.165) is 19.4 Å². The molecule has 6 aliphatic rings. The van der Waals surface area contributed by atoms with Crippen molar-refractivity contribution in [3.8, 4) is 0 Å². The van der Waals surface area contributed by atoms with E-state index < -0.39 is 11.5 Å². The first-order valence-corrected chi connectivity index (χ1v) is 9.24. The minimum atomic E-state index is -0.489. The van der Waals surface area contributed by atoms with Gasteiger partial charge in [0.05, 0.1) is 18.8 Å². The van der Waals surface area contributed by atoms with Crippen LogP contribution < -0.4 is 5.32 Å². The SMILES string of the molecule is C/C=C1/CN2[C@H]3C[C@@]45c6ccccc6N[C@@H]4[C@@H]2C[C@@H]1[C@]3(CO)[C@@H]5O. The Balaban J connectivity index is 1.64. The van der Waals surface area contributed by atoms with Gasteiger partial charge in [-0.1, -0.05) is 29.8 Å². The number of benzene rings is 1. The van der Waals surface area contributed by atoms with E-state index in [1.165, 1.54) is 16.8 Å². The first-order chi connectivity index (χ1) is 11.7. The number of aliphatic hydroxyl groups excluding tert-OH is 2. The summed E-state index contributed by atoms with van der Waals surface area (Å²) in [6.45, 7) is 3.20. The summed E-state index contributed by atoms with van der Waals surface area (Å²) in [5.74, 6) is 0.321. The molecule has 4 nitrogen and oxygen atoms in total. The van der Waals surface area contributed by atoms with Gasteiger partial charge in [-0.15, -0.1) is 0 Å². The zero-order valence-corrected chi connectivity index (χ0v) is 13.9. The molecule has 5 heterocycles. The summed E-state index contributed by atoms with van der Waals surface area (Å²) in [7, 11) is 0. The van der Waals surface area contributed by atoms with Crippen molar-refractivity contribution < 1.29 is 10.2 Å². The Hall–Kier alpha value is -1.36.